The number of hydrogen-bond acceptors (Lipinski definition) is 3. The fourth-order valence-electron chi connectivity index (χ4n) is 2.92. The van der Waals surface area contributed by atoms with Crippen molar-refractivity contribution in [3.63, 3.8) is 0 Å². The van der Waals surface area contributed by atoms with Gasteiger partial charge in [-0.15, -0.1) is 0 Å². The molecular formula is C18H17ClN2O4. The Kier molecular flexibility index (Phi) is 4.90. The number of aromatic nitrogens is 1. The largest absolute Gasteiger partial charge is 0.481 e. The third-order valence-corrected chi connectivity index (χ3v) is 4.72. The monoisotopic (exact) mass is 360 g/mol. The Bertz CT molecular complexity index is 877. The standard InChI is InChI=1S/C18H17ClN2O4/c19-15-4-2-1-3-12(15)9-21-10-13(5-6-16(21)22)17(23)20-8-7-14(11-20)18(24)25/h1-6,10,14H,7-9,11H2,(H,24,25). The fraction of sp³-hybridized carbons (Fsp3) is 0.278. The summed E-state index contributed by atoms with van der Waals surface area (Å²) in [6.07, 6.45) is 1.95. The zero-order chi connectivity index (χ0) is 18.0. The van der Waals surface area contributed by atoms with Crippen LogP contribution in [0.3, 0.4) is 0 Å². The number of likely N-dealkylation sites (tertiary alicyclic amines) is 1. The van der Waals surface area contributed by atoms with E-state index in [4.69, 9.17) is 16.7 Å². The molecule has 0 aliphatic carbocycles. The topological polar surface area (TPSA) is 79.6 Å². The molecule has 7 heteroatoms. The lowest BCUT2D eigenvalue weighted by Gasteiger charge is -2.17. The lowest BCUT2D eigenvalue weighted by atomic mass is 10.1. The Morgan fingerprint density at radius 2 is 1.96 bits per heavy atom. The fourth-order valence-corrected chi connectivity index (χ4v) is 3.12. The van der Waals surface area contributed by atoms with Gasteiger partial charge < -0.3 is 14.6 Å². The van der Waals surface area contributed by atoms with E-state index in [1.165, 1.54) is 27.8 Å². The molecule has 1 saturated heterocycles. The summed E-state index contributed by atoms with van der Waals surface area (Å²) in [6.45, 7) is 0.856. The van der Waals surface area contributed by atoms with Crippen LogP contribution in [0.2, 0.25) is 5.02 Å². The molecule has 25 heavy (non-hydrogen) atoms. The molecule has 0 bridgehead atoms. The molecule has 1 aromatic heterocycles. The highest BCUT2D eigenvalue weighted by Crippen LogP contribution is 2.19. The summed E-state index contributed by atoms with van der Waals surface area (Å²) in [4.78, 5) is 37.2. The van der Waals surface area contributed by atoms with E-state index in [-0.39, 0.29) is 24.6 Å². The SMILES string of the molecule is O=C(O)C1CCN(C(=O)c2ccc(=O)n(Cc3ccccc3Cl)c2)C1. The maximum absolute atomic E-state index is 12.6. The van der Waals surface area contributed by atoms with E-state index >= 15 is 0 Å². The molecule has 0 spiro atoms. The van der Waals surface area contributed by atoms with Crippen molar-refractivity contribution in [2.75, 3.05) is 13.1 Å². The number of benzene rings is 1. The number of amides is 1. The van der Waals surface area contributed by atoms with Crippen LogP contribution in [0.4, 0.5) is 0 Å². The van der Waals surface area contributed by atoms with Gasteiger partial charge in [0.2, 0.25) is 0 Å². The second-order valence-electron chi connectivity index (χ2n) is 6.05. The first kappa shape index (κ1) is 17.2. The van der Waals surface area contributed by atoms with Gasteiger partial charge in [-0.1, -0.05) is 29.8 Å². The molecule has 2 heterocycles. The smallest absolute Gasteiger partial charge is 0.308 e. The van der Waals surface area contributed by atoms with Gasteiger partial charge in [-0.2, -0.15) is 0 Å². The molecule has 1 aromatic carbocycles. The number of carboxylic acids is 1. The van der Waals surface area contributed by atoms with E-state index in [9.17, 15) is 14.4 Å². The summed E-state index contributed by atoms with van der Waals surface area (Å²) >= 11 is 6.13. The summed E-state index contributed by atoms with van der Waals surface area (Å²) in [6, 6.07) is 10.0. The summed E-state index contributed by atoms with van der Waals surface area (Å²) in [7, 11) is 0. The van der Waals surface area contributed by atoms with Crippen LogP contribution in [0.25, 0.3) is 0 Å². The third-order valence-electron chi connectivity index (χ3n) is 4.35. The summed E-state index contributed by atoms with van der Waals surface area (Å²) in [5, 5.41) is 9.61. The van der Waals surface area contributed by atoms with Gasteiger partial charge in [0.25, 0.3) is 11.5 Å². The second-order valence-corrected chi connectivity index (χ2v) is 6.46. The van der Waals surface area contributed by atoms with Gasteiger partial charge in [0.1, 0.15) is 0 Å². The van der Waals surface area contributed by atoms with Crippen LogP contribution < -0.4 is 5.56 Å². The van der Waals surface area contributed by atoms with Gasteiger partial charge in [-0.25, -0.2) is 0 Å². The molecule has 3 rings (SSSR count). The van der Waals surface area contributed by atoms with Crippen molar-refractivity contribution in [3.05, 3.63) is 69.1 Å². The average molecular weight is 361 g/mol. The van der Waals surface area contributed by atoms with Crippen molar-refractivity contribution in [1.82, 2.24) is 9.47 Å². The molecule has 1 N–H and O–H groups in total. The zero-order valence-corrected chi connectivity index (χ0v) is 14.1. The Labute approximate surface area is 149 Å². The van der Waals surface area contributed by atoms with Crippen LogP contribution in [-0.4, -0.2) is 39.5 Å². The van der Waals surface area contributed by atoms with E-state index in [2.05, 4.69) is 0 Å². The number of carboxylic acid groups (broad SMARTS) is 1. The molecular weight excluding hydrogens is 344 g/mol. The molecule has 1 aliphatic rings. The quantitative estimate of drug-likeness (QED) is 0.905. The summed E-state index contributed by atoms with van der Waals surface area (Å²) < 4.78 is 1.43. The number of hydrogen-bond donors (Lipinski definition) is 1. The molecule has 0 saturated carbocycles. The third kappa shape index (κ3) is 3.74. The lowest BCUT2D eigenvalue weighted by Crippen LogP contribution is -2.31. The average Bonchev–Trinajstić information content (AvgIpc) is 3.08. The van der Waals surface area contributed by atoms with Crippen molar-refractivity contribution in [2.45, 2.75) is 13.0 Å². The van der Waals surface area contributed by atoms with Gasteiger partial charge in [0, 0.05) is 30.4 Å². The number of halogens is 1. The van der Waals surface area contributed by atoms with Crippen LogP contribution in [0.1, 0.15) is 22.3 Å². The van der Waals surface area contributed by atoms with E-state index in [1.54, 1.807) is 12.1 Å². The van der Waals surface area contributed by atoms with E-state index < -0.39 is 11.9 Å². The van der Waals surface area contributed by atoms with Gasteiger partial charge in [-0.3, -0.25) is 14.4 Å². The van der Waals surface area contributed by atoms with Crippen molar-refractivity contribution in [2.24, 2.45) is 5.92 Å². The molecule has 1 unspecified atom stereocenters. The number of carbonyl (C=O) groups excluding carboxylic acids is 1. The lowest BCUT2D eigenvalue weighted by molar-refractivity contribution is -0.141. The number of carbonyl (C=O) groups is 2. The molecule has 6 nitrogen and oxygen atoms in total. The first-order valence-corrected chi connectivity index (χ1v) is 8.29. The number of aliphatic carboxylic acids is 1. The van der Waals surface area contributed by atoms with Gasteiger partial charge in [0.05, 0.1) is 18.0 Å². The zero-order valence-electron chi connectivity index (χ0n) is 13.4. The highest BCUT2D eigenvalue weighted by Gasteiger charge is 2.31. The Morgan fingerprint density at radius 3 is 2.64 bits per heavy atom. The number of nitrogens with zero attached hydrogens (tertiary/aromatic N) is 2. The van der Waals surface area contributed by atoms with Crippen LogP contribution in [-0.2, 0) is 11.3 Å². The van der Waals surface area contributed by atoms with Gasteiger partial charge in [-0.05, 0) is 24.1 Å². The predicted molar refractivity (Wildman–Crippen MR) is 92.9 cm³/mol. The Balaban J connectivity index is 1.82. The molecule has 1 amide bonds. The number of pyridine rings is 1. The predicted octanol–water partition coefficient (Wildman–Crippen LogP) is 2.10. The minimum Gasteiger partial charge on any atom is -0.481 e. The molecule has 1 atom stereocenters. The Morgan fingerprint density at radius 1 is 1.20 bits per heavy atom. The second kappa shape index (κ2) is 7.11. The van der Waals surface area contributed by atoms with E-state index in [1.807, 2.05) is 12.1 Å². The maximum Gasteiger partial charge on any atom is 0.308 e. The highest BCUT2D eigenvalue weighted by molar-refractivity contribution is 6.31. The first-order chi connectivity index (χ1) is 12.0. The molecule has 130 valence electrons. The minimum absolute atomic E-state index is 0.192. The van der Waals surface area contributed by atoms with Gasteiger partial charge in [0.15, 0.2) is 0 Å². The summed E-state index contributed by atoms with van der Waals surface area (Å²) in [5.41, 5.74) is 0.905. The highest BCUT2D eigenvalue weighted by atomic mass is 35.5. The van der Waals surface area contributed by atoms with Crippen LogP contribution in [0.5, 0.6) is 0 Å². The van der Waals surface area contributed by atoms with E-state index in [0.717, 1.165) is 5.56 Å². The van der Waals surface area contributed by atoms with Crippen LogP contribution in [0.15, 0.2) is 47.4 Å². The number of rotatable bonds is 4. The molecule has 2 aromatic rings. The van der Waals surface area contributed by atoms with Crippen molar-refractivity contribution in [1.29, 1.82) is 0 Å². The molecule has 1 fully saturated rings. The van der Waals surface area contributed by atoms with Gasteiger partial charge >= 0.3 is 5.97 Å². The first-order valence-electron chi connectivity index (χ1n) is 7.91. The maximum atomic E-state index is 12.6. The van der Waals surface area contributed by atoms with Crippen LogP contribution in [0, 0.1) is 5.92 Å². The normalized spacial score (nSPS) is 16.8. The Hall–Kier alpha value is -2.60. The summed E-state index contributed by atoms with van der Waals surface area (Å²) in [5.74, 6) is -1.69. The van der Waals surface area contributed by atoms with Crippen molar-refractivity contribution < 1.29 is 14.7 Å². The molecule has 1 aliphatic heterocycles. The van der Waals surface area contributed by atoms with E-state index in [0.29, 0.717) is 23.6 Å². The van der Waals surface area contributed by atoms with Crippen molar-refractivity contribution >= 4 is 23.5 Å². The minimum atomic E-state index is -0.890. The van der Waals surface area contributed by atoms with Crippen LogP contribution >= 0.6 is 11.6 Å². The molecule has 0 radical (unpaired) electrons. The van der Waals surface area contributed by atoms with Crippen molar-refractivity contribution in [3.8, 4) is 0 Å².